The monoisotopic (exact) mass is 1160 g/mol. The van der Waals surface area contributed by atoms with Gasteiger partial charge in [-0.25, -0.2) is 0 Å². The minimum absolute atomic E-state index is 0.0378. The molecule has 450 valence electrons. The van der Waals surface area contributed by atoms with Gasteiger partial charge in [0.2, 0.25) is 0 Å². The fourth-order valence-corrected chi connectivity index (χ4v) is 10.5. The predicted molar refractivity (Wildman–Crippen MR) is 337 cm³/mol. The van der Waals surface area contributed by atoms with E-state index in [4.69, 9.17) is 19.7 Å². The maximum absolute atomic E-state index is 12.7. The fourth-order valence-electron chi connectivity index (χ4n) is 10.5. The van der Waals surface area contributed by atoms with Crippen LogP contribution in [0.2, 0.25) is 0 Å². The second kappa shape index (κ2) is 26.5. The maximum atomic E-state index is 12.7. The van der Waals surface area contributed by atoms with Crippen molar-refractivity contribution in [1.29, 1.82) is 0 Å². The van der Waals surface area contributed by atoms with Gasteiger partial charge in [0.25, 0.3) is 22.4 Å². The van der Waals surface area contributed by atoms with Gasteiger partial charge in [0.1, 0.15) is 24.7 Å². The highest BCUT2D eigenvalue weighted by atomic mass is 16.6. The van der Waals surface area contributed by atoms with E-state index in [1.807, 2.05) is 210 Å². The van der Waals surface area contributed by atoms with Crippen LogP contribution < -0.4 is 16.7 Å². The van der Waals surface area contributed by atoms with Crippen LogP contribution >= 0.6 is 0 Å². The molecule has 0 saturated carbocycles. The number of nitrogens with zero attached hydrogens (tertiary/aromatic N) is 6. The molecule has 17 heteroatoms. The molecule has 0 radical (unpaired) electrons. The number of fused-ring (bicyclic) bond motifs is 4. The number of ether oxygens (including phenoxy) is 2. The first-order chi connectivity index (χ1) is 40.0. The molecule has 9 aromatic rings. The van der Waals surface area contributed by atoms with Crippen LogP contribution in [-0.2, 0) is 26.1 Å². The van der Waals surface area contributed by atoms with E-state index in [9.17, 15) is 34.7 Å². The fraction of sp³-hybridized carbons (Fsp3) is 0.397. The van der Waals surface area contributed by atoms with E-state index in [1.54, 1.807) is 32.0 Å². The molecule has 2 saturated heterocycles. The molecule has 2 unspecified atom stereocenters. The van der Waals surface area contributed by atoms with Crippen LogP contribution in [0.15, 0.2) is 149 Å². The number of aliphatic hydroxyl groups excluding tert-OH is 4. The van der Waals surface area contributed by atoms with Crippen LogP contribution in [-0.4, -0.2) is 85.8 Å². The normalized spacial score (nSPS) is 18.5. The lowest BCUT2D eigenvalue weighted by atomic mass is 10.0. The molecule has 0 amide bonds. The topological polar surface area (TPSA) is 218 Å². The average molecular weight is 1160 g/mol. The number of benzene rings is 4. The first-order valence-corrected chi connectivity index (χ1v) is 28.6. The molecule has 0 spiro atoms. The molecule has 5 aromatic heterocycles. The van der Waals surface area contributed by atoms with Crippen molar-refractivity contribution in [3.63, 3.8) is 0 Å². The highest BCUT2D eigenvalue weighted by Gasteiger charge is 2.35. The zero-order chi connectivity index (χ0) is 62.5. The van der Waals surface area contributed by atoms with Crippen molar-refractivity contribution in [3.05, 3.63) is 203 Å². The second-order valence-electron chi connectivity index (χ2n) is 24.8. The number of rotatable bonds is 5. The predicted octanol–water partition coefficient (Wildman–Crippen LogP) is 11.2. The summed E-state index contributed by atoms with van der Waals surface area (Å²) in [5, 5.41) is 54.2. The SMILES string of the molecule is CC#Cc1cn(C(C)(C)C)c(=O)c2c(C)cccc12.Cc1ccc2c(=O)n(C(C)(C)C)ccc2c1.Cc1cccc2ccn(C(C)(C)C)c(=O)c12.Cc1ccn([C@H]2CC(O)[C@@H](CO)O2)c1.O=[N+]([O-])c1ccc2c(ccn2[C@H]2CC(O)[C@@H](CO)O2)c1. The summed E-state index contributed by atoms with van der Waals surface area (Å²) in [6.07, 6.45) is 9.40. The Balaban J connectivity index is 0.000000153. The highest BCUT2D eigenvalue weighted by Crippen LogP contribution is 2.34. The van der Waals surface area contributed by atoms with E-state index in [-0.39, 0.29) is 64.7 Å². The van der Waals surface area contributed by atoms with Gasteiger partial charge in [-0.05, 0) is 161 Å². The van der Waals surface area contributed by atoms with Crippen molar-refractivity contribution in [2.24, 2.45) is 0 Å². The zero-order valence-electron chi connectivity index (χ0n) is 51.3. The molecule has 4 aromatic carbocycles. The molecule has 2 fully saturated rings. The molecular formula is C68H82N6O11. The average Bonchev–Trinajstić information content (AvgIpc) is 2.28. The maximum Gasteiger partial charge on any atom is 0.270 e. The number of nitro groups is 1. The third kappa shape index (κ3) is 14.9. The van der Waals surface area contributed by atoms with Crippen molar-refractivity contribution in [3.8, 4) is 11.8 Å². The summed E-state index contributed by atoms with van der Waals surface area (Å²) >= 11 is 0. The van der Waals surface area contributed by atoms with E-state index >= 15 is 0 Å². The number of aliphatic hydroxyl groups is 4. The van der Waals surface area contributed by atoms with Gasteiger partial charge in [0.05, 0.1) is 46.6 Å². The Hall–Kier alpha value is -7.95. The van der Waals surface area contributed by atoms with Gasteiger partial charge >= 0.3 is 0 Å². The van der Waals surface area contributed by atoms with Gasteiger partial charge in [-0.15, -0.1) is 5.92 Å². The van der Waals surface area contributed by atoms with Crippen molar-refractivity contribution in [2.75, 3.05) is 13.2 Å². The van der Waals surface area contributed by atoms with Gasteiger partial charge in [-0.3, -0.25) is 24.5 Å². The molecular weight excluding hydrogens is 1080 g/mol. The molecule has 4 N–H and O–H groups in total. The quantitative estimate of drug-likeness (QED) is 0.0722. The second-order valence-corrected chi connectivity index (χ2v) is 24.8. The van der Waals surface area contributed by atoms with Crippen LogP contribution in [0.5, 0.6) is 0 Å². The Morgan fingerprint density at radius 3 is 1.69 bits per heavy atom. The van der Waals surface area contributed by atoms with Gasteiger partial charge in [0, 0.05) is 100 Å². The lowest BCUT2D eigenvalue weighted by Gasteiger charge is -2.23. The van der Waals surface area contributed by atoms with Gasteiger partial charge in [-0.2, -0.15) is 0 Å². The molecule has 6 atom stereocenters. The number of pyridine rings is 3. The number of hydrogen-bond donors (Lipinski definition) is 4. The molecule has 2 aliphatic rings. The molecule has 85 heavy (non-hydrogen) atoms. The lowest BCUT2D eigenvalue weighted by Crippen LogP contribution is -2.34. The molecule has 17 nitrogen and oxygen atoms in total. The minimum Gasteiger partial charge on any atom is -0.394 e. The van der Waals surface area contributed by atoms with Crippen LogP contribution in [0.1, 0.15) is 122 Å². The molecule has 11 rings (SSSR count). The Labute approximate surface area is 496 Å². The summed E-state index contributed by atoms with van der Waals surface area (Å²) < 4.78 is 20.2. The van der Waals surface area contributed by atoms with Gasteiger partial charge in [-0.1, -0.05) is 60.0 Å². The van der Waals surface area contributed by atoms with Gasteiger partial charge in [0.15, 0.2) is 0 Å². The van der Waals surface area contributed by atoms with Crippen molar-refractivity contribution >= 4 is 48.9 Å². The molecule has 0 bridgehead atoms. The molecule has 7 heterocycles. The third-order valence-corrected chi connectivity index (χ3v) is 15.1. The Kier molecular flexibility index (Phi) is 20.2. The number of hydrogen-bond acceptors (Lipinski definition) is 11. The van der Waals surface area contributed by atoms with Crippen LogP contribution in [0.3, 0.4) is 0 Å². The Morgan fingerprint density at radius 1 is 0.576 bits per heavy atom. The number of non-ortho nitro benzene ring substituents is 1. The highest BCUT2D eigenvalue weighted by molar-refractivity contribution is 5.90. The van der Waals surface area contributed by atoms with Crippen LogP contribution in [0.25, 0.3) is 43.2 Å². The number of aryl methyl sites for hydroxylation is 4. The smallest absolute Gasteiger partial charge is 0.270 e. The molecule has 2 aliphatic heterocycles. The van der Waals surface area contributed by atoms with E-state index < -0.39 is 29.3 Å². The van der Waals surface area contributed by atoms with Gasteiger partial charge < -0.3 is 52.7 Å². The van der Waals surface area contributed by atoms with Crippen molar-refractivity contribution in [1.82, 2.24) is 22.8 Å². The van der Waals surface area contributed by atoms with Crippen LogP contribution in [0, 0.1) is 49.7 Å². The third-order valence-electron chi connectivity index (χ3n) is 15.1. The van der Waals surface area contributed by atoms with Crippen molar-refractivity contribution < 1.29 is 34.8 Å². The summed E-state index contributed by atoms with van der Waals surface area (Å²) in [5.74, 6) is 6.04. The Bertz CT molecular complexity index is 4090. The first kappa shape index (κ1) is 64.6. The van der Waals surface area contributed by atoms with Crippen LogP contribution in [0.4, 0.5) is 5.69 Å². The van der Waals surface area contributed by atoms with Crippen molar-refractivity contribution in [2.45, 2.75) is 163 Å². The number of nitro benzene ring substituents is 1. The Morgan fingerprint density at radius 2 is 1.13 bits per heavy atom. The van der Waals surface area contributed by atoms with E-state index in [0.29, 0.717) is 12.8 Å². The standard InChI is InChI=1S/C17H19NO.2C14H17NO.C13H14N2O5.C10H15NO3/c1-6-8-13-11-18(17(3,4)5)16(19)15-12(2)9-7-10-14(13)15;1-10-5-6-12-11(9-10)7-8-15(13(12)16)14(2,3)4;1-10-6-5-7-11-8-9-15(14(2,3)4)13(16)12(10)11;16-7-12-11(17)6-13(20-12)14-4-3-8-5-9(15(18)19)1-2-10(8)14;1-7-2-3-11(5-7)10-4-8(13)9(6-12)14-10/h7,9-11H,1-5H3;2*5-9H,1-4H3;1-5,11-13,16-17H,6-7H2;2-3,5,8-10,12-13H,4,6H2,1H3/t;;;11?,12-,13-;8?,9-,10-/m...11/s1. The number of aromatic nitrogens is 5. The summed E-state index contributed by atoms with van der Waals surface area (Å²) in [6.45, 7) is 27.8. The molecule has 0 aliphatic carbocycles. The van der Waals surface area contributed by atoms with E-state index in [1.165, 1.54) is 17.7 Å². The zero-order valence-corrected chi connectivity index (χ0v) is 51.3. The van der Waals surface area contributed by atoms with E-state index in [2.05, 4.69) is 11.8 Å². The summed E-state index contributed by atoms with van der Waals surface area (Å²) in [7, 11) is 0. The lowest BCUT2D eigenvalue weighted by molar-refractivity contribution is -0.384. The first-order valence-electron chi connectivity index (χ1n) is 28.6. The summed E-state index contributed by atoms with van der Waals surface area (Å²) in [6, 6.07) is 30.2. The summed E-state index contributed by atoms with van der Waals surface area (Å²) in [4.78, 5) is 47.6. The largest absolute Gasteiger partial charge is 0.394 e. The van der Waals surface area contributed by atoms with E-state index in [0.717, 1.165) is 65.5 Å². The minimum atomic E-state index is -0.708. The summed E-state index contributed by atoms with van der Waals surface area (Å²) in [5.41, 5.74) is 5.78.